The standard InChI is InChI=1S/C12H17NS/c1-12(2,3)11-13-8-9-6-4-5-7-10(9)14-11/h4-7,11,13H,8H2,1-3H3. The van der Waals surface area contributed by atoms with Crippen molar-refractivity contribution in [2.45, 2.75) is 37.6 Å². The van der Waals surface area contributed by atoms with Gasteiger partial charge in [0, 0.05) is 11.4 Å². The van der Waals surface area contributed by atoms with E-state index in [0.717, 1.165) is 6.54 Å². The summed E-state index contributed by atoms with van der Waals surface area (Å²) in [4.78, 5) is 1.44. The largest absolute Gasteiger partial charge is 0.300 e. The van der Waals surface area contributed by atoms with E-state index in [2.05, 4.69) is 50.4 Å². The maximum atomic E-state index is 3.58. The minimum Gasteiger partial charge on any atom is -0.300 e. The third-order valence-corrected chi connectivity index (χ3v) is 4.24. The zero-order valence-electron chi connectivity index (χ0n) is 9.00. The van der Waals surface area contributed by atoms with Crippen LogP contribution in [-0.4, -0.2) is 5.37 Å². The SMILES string of the molecule is CC(C)(C)C1NCc2ccccc2S1. The highest BCUT2D eigenvalue weighted by Gasteiger charge is 2.28. The average molecular weight is 207 g/mol. The van der Waals surface area contributed by atoms with Crippen LogP contribution in [0.2, 0.25) is 0 Å². The van der Waals surface area contributed by atoms with Crippen LogP contribution in [0.25, 0.3) is 0 Å². The highest BCUT2D eigenvalue weighted by Crippen LogP contribution is 2.38. The van der Waals surface area contributed by atoms with Crippen LogP contribution in [0.15, 0.2) is 29.2 Å². The molecule has 0 aromatic heterocycles. The lowest BCUT2D eigenvalue weighted by molar-refractivity contribution is 0.344. The molecular formula is C12H17NS. The Morgan fingerprint density at radius 3 is 2.71 bits per heavy atom. The number of rotatable bonds is 0. The van der Waals surface area contributed by atoms with Crippen molar-refractivity contribution in [2.75, 3.05) is 0 Å². The Morgan fingerprint density at radius 1 is 1.29 bits per heavy atom. The molecule has 76 valence electrons. The van der Waals surface area contributed by atoms with Crippen molar-refractivity contribution < 1.29 is 0 Å². The zero-order valence-corrected chi connectivity index (χ0v) is 9.82. The van der Waals surface area contributed by atoms with Crippen molar-refractivity contribution in [1.29, 1.82) is 0 Å². The number of hydrogen-bond donors (Lipinski definition) is 1. The highest BCUT2D eigenvalue weighted by atomic mass is 32.2. The van der Waals surface area contributed by atoms with Crippen LogP contribution < -0.4 is 5.32 Å². The summed E-state index contributed by atoms with van der Waals surface area (Å²) in [6.45, 7) is 7.86. The van der Waals surface area contributed by atoms with Gasteiger partial charge >= 0.3 is 0 Å². The van der Waals surface area contributed by atoms with Gasteiger partial charge in [0.15, 0.2) is 0 Å². The molecule has 0 fully saturated rings. The first-order valence-electron chi connectivity index (χ1n) is 5.05. The van der Waals surface area contributed by atoms with E-state index in [1.165, 1.54) is 10.5 Å². The Balaban J connectivity index is 2.22. The Labute approximate surface area is 90.3 Å². The molecule has 0 saturated carbocycles. The van der Waals surface area contributed by atoms with Crippen LogP contribution >= 0.6 is 11.8 Å². The van der Waals surface area contributed by atoms with E-state index in [1.807, 2.05) is 11.8 Å². The Bertz CT molecular complexity index is 327. The molecule has 14 heavy (non-hydrogen) atoms. The van der Waals surface area contributed by atoms with Crippen molar-refractivity contribution in [3.63, 3.8) is 0 Å². The molecule has 0 saturated heterocycles. The van der Waals surface area contributed by atoms with E-state index in [0.29, 0.717) is 10.8 Å². The molecule has 1 atom stereocenters. The minimum absolute atomic E-state index is 0.318. The predicted molar refractivity (Wildman–Crippen MR) is 62.4 cm³/mol. The molecule has 0 radical (unpaired) electrons. The normalized spacial score (nSPS) is 21.8. The molecule has 1 N–H and O–H groups in total. The van der Waals surface area contributed by atoms with Crippen molar-refractivity contribution in [2.24, 2.45) is 5.41 Å². The van der Waals surface area contributed by atoms with Crippen molar-refractivity contribution in [3.8, 4) is 0 Å². The average Bonchev–Trinajstić information content (AvgIpc) is 2.16. The summed E-state index contributed by atoms with van der Waals surface area (Å²) >= 11 is 1.95. The summed E-state index contributed by atoms with van der Waals surface area (Å²) in [7, 11) is 0. The molecule has 1 unspecified atom stereocenters. The fourth-order valence-corrected chi connectivity index (χ4v) is 2.84. The summed E-state index contributed by atoms with van der Waals surface area (Å²) in [5, 5.41) is 4.10. The zero-order chi connectivity index (χ0) is 10.2. The van der Waals surface area contributed by atoms with Gasteiger partial charge in [-0.15, -0.1) is 11.8 Å². The summed E-state index contributed by atoms with van der Waals surface area (Å²) in [6, 6.07) is 8.66. The lowest BCUT2D eigenvalue weighted by atomic mass is 9.96. The molecule has 2 heteroatoms. The Morgan fingerprint density at radius 2 is 2.00 bits per heavy atom. The molecule has 0 bridgehead atoms. The third kappa shape index (κ3) is 1.96. The van der Waals surface area contributed by atoms with E-state index in [9.17, 15) is 0 Å². The van der Waals surface area contributed by atoms with Crippen molar-refractivity contribution >= 4 is 11.8 Å². The fourth-order valence-electron chi connectivity index (χ4n) is 1.62. The van der Waals surface area contributed by atoms with Gasteiger partial charge in [0.25, 0.3) is 0 Å². The molecule has 1 aliphatic rings. The number of hydrogen-bond acceptors (Lipinski definition) is 2. The Hall–Kier alpha value is -0.470. The molecule has 1 aromatic carbocycles. The molecule has 1 aromatic rings. The van der Waals surface area contributed by atoms with E-state index < -0.39 is 0 Å². The molecular weight excluding hydrogens is 190 g/mol. The van der Waals surface area contributed by atoms with Gasteiger partial charge < -0.3 is 5.32 Å². The fraction of sp³-hybridized carbons (Fsp3) is 0.500. The van der Waals surface area contributed by atoms with Crippen LogP contribution in [0, 0.1) is 5.41 Å². The van der Waals surface area contributed by atoms with E-state index in [-0.39, 0.29) is 0 Å². The van der Waals surface area contributed by atoms with Crippen LogP contribution in [0.4, 0.5) is 0 Å². The van der Waals surface area contributed by atoms with Crippen LogP contribution in [-0.2, 0) is 6.54 Å². The number of nitrogens with one attached hydrogen (secondary N) is 1. The lowest BCUT2D eigenvalue weighted by Crippen LogP contribution is -2.39. The van der Waals surface area contributed by atoms with Gasteiger partial charge in [-0.05, 0) is 17.0 Å². The van der Waals surface area contributed by atoms with Crippen LogP contribution in [0.5, 0.6) is 0 Å². The maximum absolute atomic E-state index is 3.58. The molecule has 1 heterocycles. The summed E-state index contributed by atoms with van der Waals surface area (Å²) in [5.74, 6) is 0. The van der Waals surface area contributed by atoms with Gasteiger partial charge in [-0.25, -0.2) is 0 Å². The second-order valence-electron chi connectivity index (χ2n) is 4.85. The highest BCUT2D eigenvalue weighted by molar-refractivity contribution is 8.00. The first kappa shape index (κ1) is 10.1. The summed E-state index contributed by atoms with van der Waals surface area (Å²) in [6.07, 6.45) is 0. The van der Waals surface area contributed by atoms with Gasteiger partial charge in [0.05, 0.1) is 5.37 Å². The summed E-state index contributed by atoms with van der Waals surface area (Å²) in [5.41, 5.74) is 1.75. The second-order valence-corrected chi connectivity index (χ2v) is 6.00. The van der Waals surface area contributed by atoms with Gasteiger partial charge in [-0.1, -0.05) is 39.0 Å². The summed E-state index contributed by atoms with van der Waals surface area (Å²) < 4.78 is 0. The first-order valence-corrected chi connectivity index (χ1v) is 5.93. The minimum atomic E-state index is 0.318. The molecule has 1 aliphatic heterocycles. The second kappa shape index (κ2) is 3.59. The van der Waals surface area contributed by atoms with Crippen molar-refractivity contribution in [3.05, 3.63) is 29.8 Å². The van der Waals surface area contributed by atoms with Crippen LogP contribution in [0.1, 0.15) is 26.3 Å². The van der Waals surface area contributed by atoms with Crippen molar-refractivity contribution in [1.82, 2.24) is 5.32 Å². The van der Waals surface area contributed by atoms with Gasteiger partial charge in [-0.2, -0.15) is 0 Å². The van der Waals surface area contributed by atoms with Gasteiger partial charge in [-0.3, -0.25) is 0 Å². The van der Waals surface area contributed by atoms with Gasteiger partial charge in [0.1, 0.15) is 0 Å². The molecule has 0 aliphatic carbocycles. The molecule has 1 nitrogen and oxygen atoms in total. The quantitative estimate of drug-likeness (QED) is 0.701. The molecule has 0 amide bonds. The van der Waals surface area contributed by atoms with Gasteiger partial charge in [0.2, 0.25) is 0 Å². The molecule has 2 rings (SSSR count). The Kier molecular flexibility index (Phi) is 2.58. The van der Waals surface area contributed by atoms with E-state index in [1.54, 1.807) is 0 Å². The first-order chi connectivity index (χ1) is 6.57. The lowest BCUT2D eigenvalue weighted by Gasteiger charge is -2.35. The van der Waals surface area contributed by atoms with E-state index in [4.69, 9.17) is 0 Å². The van der Waals surface area contributed by atoms with E-state index >= 15 is 0 Å². The maximum Gasteiger partial charge on any atom is 0.0631 e. The number of thioether (sulfide) groups is 1. The predicted octanol–water partition coefficient (Wildman–Crippen LogP) is 3.25. The monoisotopic (exact) mass is 207 g/mol. The third-order valence-electron chi connectivity index (χ3n) is 2.48. The molecule has 0 spiro atoms. The van der Waals surface area contributed by atoms with Crippen LogP contribution in [0.3, 0.4) is 0 Å². The number of benzene rings is 1. The topological polar surface area (TPSA) is 12.0 Å². The smallest absolute Gasteiger partial charge is 0.0631 e. The number of fused-ring (bicyclic) bond motifs is 1.